The minimum Gasteiger partial charge on any atom is -0.487 e. The van der Waals surface area contributed by atoms with Gasteiger partial charge in [0.05, 0.1) is 12.0 Å². The van der Waals surface area contributed by atoms with E-state index in [-0.39, 0.29) is 17.0 Å². The van der Waals surface area contributed by atoms with Crippen LogP contribution in [-0.4, -0.2) is 23.1 Å². The van der Waals surface area contributed by atoms with Crippen molar-refractivity contribution in [2.24, 2.45) is 0 Å². The third-order valence-electron chi connectivity index (χ3n) is 3.60. The molecule has 2 amide bonds. The second-order valence-corrected chi connectivity index (χ2v) is 8.79. The monoisotopic (exact) mass is 595 g/mol. The third kappa shape index (κ3) is 4.39. The fourth-order valence-electron chi connectivity index (χ4n) is 2.23. The van der Waals surface area contributed by atoms with E-state index >= 15 is 0 Å². The molecule has 1 aliphatic heterocycles. The van der Waals surface area contributed by atoms with Crippen LogP contribution in [-0.2, 0) is 11.4 Å². The summed E-state index contributed by atoms with van der Waals surface area (Å²) in [5, 5.41) is -0.273. The lowest BCUT2D eigenvalue weighted by Gasteiger charge is -2.12. The van der Waals surface area contributed by atoms with E-state index in [1.165, 1.54) is 19.2 Å². The Hall–Kier alpha value is -1.14. The molecule has 2 aromatic carbocycles. The molecule has 26 heavy (non-hydrogen) atoms. The lowest BCUT2D eigenvalue weighted by Crippen LogP contribution is -2.22. The number of imide groups is 1. The molecular formula is C18H12FI2NO3S. The average Bonchev–Trinajstić information content (AvgIpc) is 2.83. The van der Waals surface area contributed by atoms with E-state index in [9.17, 15) is 14.0 Å². The minimum absolute atomic E-state index is 0.273. The molecule has 1 aliphatic rings. The molecule has 0 atom stereocenters. The Morgan fingerprint density at radius 2 is 1.77 bits per heavy atom. The highest BCUT2D eigenvalue weighted by Crippen LogP contribution is 2.34. The number of carbonyl (C=O) groups excluding carboxylic acids is 2. The first kappa shape index (κ1) is 19.6. The number of amides is 2. The highest BCUT2D eigenvalue weighted by atomic mass is 127. The molecule has 0 bridgehead atoms. The summed E-state index contributed by atoms with van der Waals surface area (Å²) in [6.45, 7) is 0.334. The molecule has 0 spiro atoms. The van der Waals surface area contributed by atoms with Crippen LogP contribution >= 0.6 is 56.9 Å². The molecule has 3 rings (SSSR count). The Morgan fingerprint density at radius 3 is 2.31 bits per heavy atom. The van der Waals surface area contributed by atoms with Gasteiger partial charge in [-0.3, -0.25) is 14.5 Å². The molecule has 2 aromatic rings. The van der Waals surface area contributed by atoms with Crippen molar-refractivity contribution in [1.82, 2.24) is 4.90 Å². The standard InChI is InChI=1S/C18H12FI2NO3S/c1-22-17(23)15(26-18(22)24)8-11-6-13(20)16(14(21)7-11)25-9-10-2-4-12(19)5-3-10/h2-8H,9H2,1H3/b15-8-. The largest absolute Gasteiger partial charge is 0.487 e. The van der Waals surface area contributed by atoms with Crippen LogP contribution in [0.1, 0.15) is 11.1 Å². The summed E-state index contributed by atoms with van der Waals surface area (Å²) in [4.78, 5) is 25.1. The van der Waals surface area contributed by atoms with Crippen molar-refractivity contribution in [2.75, 3.05) is 7.05 Å². The van der Waals surface area contributed by atoms with Crippen molar-refractivity contribution in [3.8, 4) is 5.75 Å². The summed E-state index contributed by atoms with van der Waals surface area (Å²) in [5.41, 5.74) is 1.70. The molecule has 1 heterocycles. The Morgan fingerprint density at radius 1 is 1.15 bits per heavy atom. The quantitative estimate of drug-likeness (QED) is 0.357. The fourth-order valence-corrected chi connectivity index (χ4v) is 5.19. The van der Waals surface area contributed by atoms with Gasteiger partial charge in [0.15, 0.2) is 0 Å². The van der Waals surface area contributed by atoms with Crippen molar-refractivity contribution in [3.63, 3.8) is 0 Å². The number of halogens is 3. The predicted molar refractivity (Wildman–Crippen MR) is 116 cm³/mol. The topological polar surface area (TPSA) is 46.6 Å². The number of likely N-dealkylation sites (N-methyl/N-ethyl adjacent to an activating group) is 1. The number of nitrogens with zero attached hydrogens (tertiary/aromatic N) is 1. The zero-order chi connectivity index (χ0) is 18.8. The molecule has 0 radical (unpaired) electrons. The first-order chi connectivity index (χ1) is 12.3. The van der Waals surface area contributed by atoms with Crippen LogP contribution in [0.5, 0.6) is 5.75 Å². The summed E-state index contributed by atoms with van der Waals surface area (Å²) in [7, 11) is 1.47. The van der Waals surface area contributed by atoms with Crippen molar-refractivity contribution in [3.05, 3.63) is 65.4 Å². The maximum atomic E-state index is 13.0. The second kappa shape index (κ2) is 8.26. The molecule has 0 saturated carbocycles. The summed E-state index contributed by atoms with van der Waals surface area (Å²) in [6.07, 6.45) is 1.71. The third-order valence-corrected chi connectivity index (χ3v) is 6.16. The van der Waals surface area contributed by atoms with Crippen LogP contribution in [0, 0.1) is 13.0 Å². The van der Waals surface area contributed by atoms with Gasteiger partial charge in [-0.1, -0.05) is 12.1 Å². The van der Waals surface area contributed by atoms with E-state index in [1.54, 1.807) is 18.2 Å². The second-order valence-electron chi connectivity index (χ2n) is 5.47. The van der Waals surface area contributed by atoms with Crippen LogP contribution in [0.25, 0.3) is 6.08 Å². The molecule has 4 nitrogen and oxygen atoms in total. The summed E-state index contributed by atoms with van der Waals surface area (Å²) in [6, 6.07) is 9.96. The molecule has 0 N–H and O–H groups in total. The molecule has 0 unspecified atom stereocenters. The van der Waals surface area contributed by atoms with Crippen molar-refractivity contribution >= 4 is 74.2 Å². The van der Waals surface area contributed by atoms with Gasteiger partial charge < -0.3 is 4.74 Å². The van der Waals surface area contributed by atoms with Gasteiger partial charge in [0.25, 0.3) is 11.1 Å². The van der Waals surface area contributed by atoms with E-state index in [2.05, 4.69) is 45.2 Å². The number of hydrogen-bond acceptors (Lipinski definition) is 4. The number of rotatable bonds is 4. The number of thioether (sulfide) groups is 1. The molecule has 0 aromatic heterocycles. The molecule has 1 fully saturated rings. The van der Waals surface area contributed by atoms with E-state index < -0.39 is 0 Å². The van der Waals surface area contributed by atoms with Gasteiger partial charge in [0.2, 0.25) is 0 Å². The SMILES string of the molecule is CN1C(=O)S/C(=C\c2cc(I)c(OCc3ccc(F)cc3)c(I)c2)C1=O. The lowest BCUT2D eigenvalue weighted by atomic mass is 10.2. The van der Waals surface area contributed by atoms with Crippen LogP contribution in [0.3, 0.4) is 0 Å². The van der Waals surface area contributed by atoms with E-state index in [0.717, 1.165) is 40.7 Å². The van der Waals surface area contributed by atoms with Gasteiger partial charge in [-0.2, -0.15) is 0 Å². The van der Waals surface area contributed by atoms with Crippen LogP contribution in [0.4, 0.5) is 9.18 Å². The number of ether oxygens (including phenoxy) is 1. The van der Waals surface area contributed by atoms with Crippen molar-refractivity contribution in [1.29, 1.82) is 0 Å². The molecule has 134 valence electrons. The van der Waals surface area contributed by atoms with E-state index in [1.807, 2.05) is 12.1 Å². The Kier molecular flexibility index (Phi) is 6.23. The number of benzene rings is 2. The number of carbonyl (C=O) groups is 2. The molecule has 0 aliphatic carbocycles. The highest BCUT2D eigenvalue weighted by Gasteiger charge is 2.31. The Labute approximate surface area is 181 Å². The van der Waals surface area contributed by atoms with Crippen LogP contribution in [0.2, 0.25) is 0 Å². The smallest absolute Gasteiger partial charge is 0.293 e. The van der Waals surface area contributed by atoms with E-state index in [0.29, 0.717) is 11.5 Å². The summed E-state index contributed by atoms with van der Waals surface area (Å²) in [5.74, 6) is 0.164. The molecule has 8 heteroatoms. The zero-order valence-electron chi connectivity index (χ0n) is 13.5. The van der Waals surface area contributed by atoms with Gasteiger partial charge in [-0.05, 0) is 98.4 Å². The minimum atomic E-state index is -0.290. The van der Waals surface area contributed by atoms with Crippen molar-refractivity contribution in [2.45, 2.75) is 6.61 Å². The summed E-state index contributed by atoms with van der Waals surface area (Å²) < 4.78 is 20.6. The fraction of sp³-hybridized carbons (Fsp3) is 0.111. The Balaban J connectivity index is 1.79. The predicted octanol–water partition coefficient (Wildman–Crippen LogP) is 5.28. The van der Waals surface area contributed by atoms with Crippen LogP contribution < -0.4 is 4.74 Å². The maximum absolute atomic E-state index is 13.0. The maximum Gasteiger partial charge on any atom is 0.293 e. The molecule has 1 saturated heterocycles. The Bertz CT molecular complexity index is 892. The molecular weight excluding hydrogens is 583 g/mol. The summed E-state index contributed by atoms with van der Waals surface area (Å²) >= 11 is 5.28. The van der Waals surface area contributed by atoms with Gasteiger partial charge in [0, 0.05) is 7.05 Å². The lowest BCUT2D eigenvalue weighted by molar-refractivity contribution is -0.121. The van der Waals surface area contributed by atoms with E-state index in [4.69, 9.17) is 4.74 Å². The highest BCUT2D eigenvalue weighted by molar-refractivity contribution is 14.1. The number of hydrogen-bond donors (Lipinski definition) is 0. The first-order valence-electron chi connectivity index (χ1n) is 7.43. The normalized spacial score (nSPS) is 15.8. The van der Waals surface area contributed by atoms with Gasteiger partial charge in [-0.25, -0.2) is 4.39 Å². The van der Waals surface area contributed by atoms with Gasteiger partial charge in [-0.15, -0.1) is 0 Å². The van der Waals surface area contributed by atoms with Gasteiger partial charge in [0.1, 0.15) is 18.2 Å². The van der Waals surface area contributed by atoms with Crippen molar-refractivity contribution < 1.29 is 18.7 Å². The average molecular weight is 595 g/mol. The zero-order valence-corrected chi connectivity index (χ0v) is 18.6. The first-order valence-corrected chi connectivity index (χ1v) is 10.4. The van der Waals surface area contributed by atoms with Gasteiger partial charge >= 0.3 is 0 Å². The van der Waals surface area contributed by atoms with Crippen LogP contribution in [0.15, 0.2) is 41.3 Å².